The van der Waals surface area contributed by atoms with Crippen LogP contribution in [-0.2, 0) is 11.3 Å². The third kappa shape index (κ3) is 3.88. The number of likely N-dealkylation sites (tertiary alicyclic amines) is 1. The molecule has 1 fully saturated rings. The minimum atomic E-state index is 0.308. The topological polar surface area (TPSA) is 45.5 Å². The van der Waals surface area contributed by atoms with Gasteiger partial charge < -0.3 is 14.6 Å². The second kappa shape index (κ2) is 6.59. The molecule has 1 saturated heterocycles. The van der Waals surface area contributed by atoms with Crippen LogP contribution in [0.25, 0.3) is 0 Å². The molecule has 1 amide bonds. The molecule has 1 aliphatic heterocycles. The summed E-state index contributed by atoms with van der Waals surface area (Å²) in [6.45, 7) is 5.22. The van der Waals surface area contributed by atoms with Gasteiger partial charge in [-0.25, -0.2) is 0 Å². The number of nitrogens with zero attached hydrogens (tertiary/aromatic N) is 1. The van der Waals surface area contributed by atoms with Crippen LogP contribution in [0.1, 0.15) is 37.2 Å². The van der Waals surface area contributed by atoms with E-state index in [1.165, 1.54) is 6.42 Å². The minimum absolute atomic E-state index is 0.308. The number of hydrogen-bond acceptors (Lipinski definition) is 3. The third-order valence-corrected chi connectivity index (χ3v) is 3.33. The van der Waals surface area contributed by atoms with Gasteiger partial charge in [-0.15, -0.1) is 0 Å². The molecule has 0 saturated carbocycles. The van der Waals surface area contributed by atoms with E-state index in [0.29, 0.717) is 5.91 Å². The maximum Gasteiger partial charge on any atom is 0.222 e. The Morgan fingerprint density at radius 2 is 2.22 bits per heavy atom. The molecular formula is C14H22N2O2. The predicted molar refractivity (Wildman–Crippen MR) is 70.2 cm³/mol. The van der Waals surface area contributed by atoms with Gasteiger partial charge in [-0.1, -0.05) is 6.42 Å². The maximum absolute atomic E-state index is 11.8. The number of carbonyl (C=O) groups is 1. The van der Waals surface area contributed by atoms with E-state index >= 15 is 0 Å². The first-order chi connectivity index (χ1) is 8.75. The van der Waals surface area contributed by atoms with Crippen molar-refractivity contribution < 1.29 is 9.21 Å². The van der Waals surface area contributed by atoms with E-state index in [2.05, 4.69) is 5.32 Å². The molecule has 4 heteroatoms. The normalized spacial score (nSPS) is 16.9. The van der Waals surface area contributed by atoms with Gasteiger partial charge in [0.1, 0.15) is 11.5 Å². The molecule has 0 bridgehead atoms. The molecule has 0 aromatic carbocycles. The summed E-state index contributed by atoms with van der Waals surface area (Å²) in [6, 6.07) is 3.95. The summed E-state index contributed by atoms with van der Waals surface area (Å²) in [7, 11) is 0. The van der Waals surface area contributed by atoms with Crippen LogP contribution in [0.4, 0.5) is 0 Å². The zero-order valence-electron chi connectivity index (χ0n) is 11.1. The quantitative estimate of drug-likeness (QED) is 0.814. The molecule has 0 radical (unpaired) electrons. The summed E-state index contributed by atoms with van der Waals surface area (Å²) in [4.78, 5) is 13.7. The lowest BCUT2D eigenvalue weighted by atomic mass is 10.2. The highest BCUT2D eigenvalue weighted by molar-refractivity contribution is 5.76. The van der Waals surface area contributed by atoms with Crippen LogP contribution in [0, 0.1) is 6.92 Å². The van der Waals surface area contributed by atoms with Gasteiger partial charge in [-0.2, -0.15) is 0 Å². The van der Waals surface area contributed by atoms with Gasteiger partial charge in [-0.05, 0) is 31.9 Å². The van der Waals surface area contributed by atoms with Crippen molar-refractivity contribution in [2.75, 3.05) is 19.6 Å². The number of amides is 1. The summed E-state index contributed by atoms with van der Waals surface area (Å²) < 4.78 is 5.47. The zero-order chi connectivity index (χ0) is 12.8. The van der Waals surface area contributed by atoms with Crippen LogP contribution < -0.4 is 5.32 Å². The van der Waals surface area contributed by atoms with E-state index in [9.17, 15) is 4.79 Å². The van der Waals surface area contributed by atoms with Crippen molar-refractivity contribution in [1.82, 2.24) is 10.2 Å². The lowest BCUT2D eigenvalue weighted by molar-refractivity contribution is -0.130. The third-order valence-electron chi connectivity index (χ3n) is 3.33. The first kappa shape index (κ1) is 13.1. The highest BCUT2D eigenvalue weighted by Gasteiger charge is 2.15. The largest absolute Gasteiger partial charge is 0.465 e. The first-order valence-corrected chi connectivity index (χ1v) is 6.79. The van der Waals surface area contributed by atoms with E-state index in [1.807, 2.05) is 24.0 Å². The standard InChI is InChI=1S/C14H22N2O2/c1-12-6-7-13(18-12)11-15-8-10-16-9-4-2-3-5-14(16)17/h6-7,15H,2-5,8-11H2,1H3. The molecule has 100 valence electrons. The average molecular weight is 250 g/mol. The molecule has 0 aliphatic carbocycles. The number of nitrogens with one attached hydrogen (secondary N) is 1. The number of rotatable bonds is 5. The maximum atomic E-state index is 11.8. The van der Waals surface area contributed by atoms with Crippen molar-refractivity contribution in [2.45, 2.75) is 39.2 Å². The van der Waals surface area contributed by atoms with Gasteiger partial charge >= 0.3 is 0 Å². The van der Waals surface area contributed by atoms with Gasteiger partial charge in [0.2, 0.25) is 5.91 Å². The fourth-order valence-electron chi connectivity index (χ4n) is 2.28. The SMILES string of the molecule is Cc1ccc(CNCCN2CCCCCC2=O)o1. The molecule has 1 N–H and O–H groups in total. The van der Waals surface area contributed by atoms with Crippen LogP contribution >= 0.6 is 0 Å². The summed E-state index contributed by atoms with van der Waals surface area (Å²) in [5.41, 5.74) is 0. The molecule has 2 heterocycles. The molecule has 1 aromatic heterocycles. The van der Waals surface area contributed by atoms with Gasteiger partial charge in [-0.3, -0.25) is 4.79 Å². The second-order valence-electron chi connectivity index (χ2n) is 4.88. The van der Waals surface area contributed by atoms with E-state index < -0.39 is 0 Å². The van der Waals surface area contributed by atoms with Crippen molar-refractivity contribution in [1.29, 1.82) is 0 Å². The number of furan rings is 1. The monoisotopic (exact) mass is 250 g/mol. The summed E-state index contributed by atoms with van der Waals surface area (Å²) in [6.07, 6.45) is 4.09. The Hall–Kier alpha value is -1.29. The number of hydrogen-bond donors (Lipinski definition) is 1. The smallest absolute Gasteiger partial charge is 0.222 e. The van der Waals surface area contributed by atoms with Crippen molar-refractivity contribution in [3.63, 3.8) is 0 Å². The van der Waals surface area contributed by atoms with Crippen molar-refractivity contribution in [3.8, 4) is 0 Å². The van der Waals surface area contributed by atoms with Crippen LogP contribution in [0.5, 0.6) is 0 Å². The average Bonchev–Trinajstić information content (AvgIpc) is 2.65. The van der Waals surface area contributed by atoms with Gasteiger partial charge in [0.15, 0.2) is 0 Å². The molecule has 4 nitrogen and oxygen atoms in total. The van der Waals surface area contributed by atoms with Crippen molar-refractivity contribution in [2.24, 2.45) is 0 Å². The Bertz CT molecular complexity index is 387. The van der Waals surface area contributed by atoms with Crippen molar-refractivity contribution >= 4 is 5.91 Å². The Labute approximate surface area is 108 Å². The Balaban J connectivity index is 1.66. The summed E-state index contributed by atoms with van der Waals surface area (Å²) in [5, 5.41) is 3.32. The molecule has 18 heavy (non-hydrogen) atoms. The molecule has 2 rings (SSSR count). The lowest BCUT2D eigenvalue weighted by Crippen LogP contribution is -2.36. The highest BCUT2D eigenvalue weighted by Crippen LogP contribution is 2.10. The molecular weight excluding hydrogens is 228 g/mol. The molecule has 1 aromatic rings. The van der Waals surface area contributed by atoms with Crippen LogP contribution in [-0.4, -0.2) is 30.4 Å². The Kier molecular flexibility index (Phi) is 4.81. The highest BCUT2D eigenvalue weighted by atomic mass is 16.3. The molecule has 0 atom stereocenters. The van der Waals surface area contributed by atoms with Crippen LogP contribution in [0.2, 0.25) is 0 Å². The van der Waals surface area contributed by atoms with E-state index in [0.717, 1.165) is 57.0 Å². The van der Waals surface area contributed by atoms with Gasteiger partial charge in [0.25, 0.3) is 0 Å². The van der Waals surface area contributed by atoms with E-state index in [-0.39, 0.29) is 0 Å². The van der Waals surface area contributed by atoms with Gasteiger partial charge in [0, 0.05) is 26.1 Å². The Morgan fingerprint density at radius 1 is 1.33 bits per heavy atom. The summed E-state index contributed by atoms with van der Waals surface area (Å²) in [5.74, 6) is 2.20. The fourth-order valence-corrected chi connectivity index (χ4v) is 2.28. The fraction of sp³-hybridized carbons (Fsp3) is 0.643. The second-order valence-corrected chi connectivity index (χ2v) is 4.88. The van der Waals surface area contributed by atoms with E-state index in [4.69, 9.17) is 4.42 Å². The predicted octanol–water partition coefficient (Wildman–Crippen LogP) is 2.08. The number of aryl methyl sites for hydroxylation is 1. The number of carbonyl (C=O) groups excluding carboxylic acids is 1. The van der Waals surface area contributed by atoms with Crippen LogP contribution in [0.3, 0.4) is 0 Å². The minimum Gasteiger partial charge on any atom is -0.465 e. The lowest BCUT2D eigenvalue weighted by Gasteiger charge is -2.20. The summed E-state index contributed by atoms with van der Waals surface area (Å²) >= 11 is 0. The first-order valence-electron chi connectivity index (χ1n) is 6.79. The Morgan fingerprint density at radius 3 is 3.00 bits per heavy atom. The van der Waals surface area contributed by atoms with Gasteiger partial charge in [0.05, 0.1) is 6.54 Å². The molecule has 1 aliphatic rings. The van der Waals surface area contributed by atoms with Crippen LogP contribution in [0.15, 0.2) is 16.5 Å². The zero-order valence-corrected chi connectivity index (χ0v) is 11.1. The molecule has 0 unspecified atom stereocenters. The van der Waals surface area contributed by atoms with Crippen molar-refractivity contribution in [3.05, 3.63) is 23.7 Å². The molecule has 0 spiro atoms. The van der Waals surface area contributed by atoms with E-state index in [1.54, 1.807) is 0 Å².